The van der Waals surface area contributed by atoms with E-state index in [1.54, 1.807) is 18.2 Å². The third-order valence-corrected chi connectivity index (χ3v) is 4.48. The summed E-state index contributed by atoms with van der Waals surface area (Å²) in [6.45, 7) is 5.89. The zero-order valence-corrected chi connectivity index (χ0v) is 13.3. The monoisotopic (exact) mass is 332 g/mol. The van der Waals surface area contributed by atoms with E-state index in [-0.39, 0.29) is 5.91 Å². The van der Waals surface area contributed by atoms with E-state index in [1.807, 2.05) is 32.9 Å². The van der Waals surface area contributed by atoms with Crippen molar-refractivity contribution < 1.29 is 4.79 Å². The van der Waals surface area contributed by atoms with E-state index in [0.29, 0.717) is 11.3 Å². The number of carbonyl (C=O) groups is 1. The Hall–Kier alpha value is -1.81. The van der Waals surface area contributed by atoms with Crippen molar-refractivity contribution in [2.24, 2.45) is 0 Å². The van der Waals surface area contributed by atoms with E-state index in [4.69, 9.17) is 5.73 Å². The quantitative estimate of drug-likeness (QED) is 0.809. The van der Waals surface area contributed by atoms with Gasteiger partial charge in [0.2, 0.25) is 0 Å². The minimum atomic E-state index is -0.130. The topological polar surface area (TPSA) is 55.1 Å². The lowest BCUT2D eigenvalue weighted by molar-refractivity contribution is 0.102. The summed E-state index contributed by atoms with van der Waals surface area (Å²) in [6.07, 6.45) is 0. The van der Waals surface area contributed by atoms with Gasteiger partial charge in [0.15, 0.2) is 0 Å². The van der Waals surface area contributed by atoms with E-state index >= 15 is 0 Å². The third-order valence-electron chi connectivity index (χ3n) is 3.23. The molecule has 0 aromatic heterocycles. The van der Waals surface area contributed by atoms with Crippen molar-refractivity contribution in [1.82, 2.24) is 0 Å². The van der Waals surface area contributed by atoms with Gasteiger partial charge in [-0.25, -0.2) is 0 Å². The second-order valence-corrected chi connectivity index (χ2v) is 5.74. The average molecular weight is 333 g/mol. The highest BCUT2D eigenvalue weighted by Gasteiger charge is 2.09. The number of nitrogen functional groups attached to an aromatic ring is 1. The maximum absolute atomic E-state index is 12.2. The summed E-state index contributed by atoms with van der Waals surface area (Å²) in [5.74, 6) is -0.130. The molecule has 0 bridgehead atoms. The second-order valence-electron chi connectivity index (χ2n) is 4.95. The molecule has 3 nitrogen and oxygen atoms in total. The van der Waals surface area contributed by atoms with Crippen molar-refractivity contribution in [3.8, 4) is 0 Å². The van der Waals surface area contributed by atoms with E-state index in [9.17, 15) is 4.79 Å². The van der Waals surface area contributed by atoms with E-state index in [2.05, 4.69) is 21.2 Å². The summed E-state index contributed by atoms with van der Waals surface area (Å²) in [4.78, 5) is 12.2. The Labute approximate surface area is 127 Å². The Morgan fingerprint density at radius 3 is 2.20 bits per heavy atom. The normalized spacial score (nSPS) is 10.4. The van der Waals surface area contributed by atoms with Gasteiger partial charge in [-0.2, -0.15) is 0 Å². The number of nitrogens with two attached hydrogens (primary N) is 1. The number of hydrogen-bond donors (Lipinski definition) is 2. The highest BCUT2D eigenvalue weighted by atomic mass is 79.9. The zero-order chi connectivity index (χ0) is 14.9. The second kappa shape index (κ2) is 5.67. The zero-order valence-electron chi connectivity index (χ0n) is 11.8. The van der Waals surface area contributed by atoms with E-state index in [1.165, 1.54) is 0 Å². The fourth-order valence-electron chi connectivity index (χ4n) is 2.04. The van der Waals surface area contributed by atoms with Gasteiger partial charge < -0.3 is 11.1 Å². The SMILES string of the molecule is Cc1cc(C(=O)Nc2cc(C)c(Br)c(C)c2)ccc1N. The number of anilines is 2. The van der Waals surface area contributed by atoms with Gasteiger partial charge in [0, 0.05) is 21.4 Å². The van der Waals surface area contributed by atoms with E-state index in [0.717, 1.165) is 26.9 Å². The van der Waals surface area contributed by atoms with Crippen LogP contribution in [0.25, 0.3) is 0 Å². The molecule has 20 heavy (non-hydrogen) atoms. The lowest BCUT2D eigenvalue weighted by atomic mass is 10.1. The standard InChI is InChI=1S/C16H17BrN2O/c1-9-6-12(4-5-14(9)18)16(20)19-13-7-10(2)15(17)11(3)8-13/h4-8H,18H2,1-3H3,(H,19,20). The summed E-state index contributed by atoms with van der Waals surface area (Å²) in [5, 5.41) is 2.91. The van der Waals surface area contributed by atoms with Crippen molar-refractivity contribution >= 4 is 33.2 Å². The molecule has 2 rings (SSSR count). The van der Waals surface area contributed by atoms with Crippen molar-refractivity contribution in [1.29, 1.82) is 0 Å². The van der Waals surface area contributed by atoms with Crippen molar-refractivity contribution in [3.05, 3.63) is 57.1 Å². The number of aryl methyl sites for hydroxylation is 3. The van der Waals surface area contributed by atoms with Crippen molar-refractivity contribution in [3.63, 3.8) is 0 Å². The fourth-order valence-corrected chi connectivity index (χ4v) is 2.27. The predicted molar refractivity (Wildman–Crippen MR) is 87.2 cm³/mol. The molecule has 0 aliphatic heterocycles. The Morgan fingerprint density at radius 2 is 1.65 bits per heavy atom. The lowest BCUT2D eigenvalue weighted by Crippen LogP contribution is -2.12. The van der Waals surface area contributed by atoms with E-state index < -0.39 is 0 Å². The number of benzene rings is 2. The third kappa shape index (κ3) is 3.02. The molecule has 0 fully saturated rings. The van der Waals surface area contributed by atoms with Crippen molar-refractivity contribution in [2.75, 3.05) is 11.1 Å². The van der Waals surface area contributed by atoms with Crippen LogP contribution in [0.1, 0.15) is 27.0 Å². The summed E-state index contributed by atoms with van der Waals surface area (Å²) >= 11 is 3.52. The van der Waals surface area contributed by atoms with Crippen molar-refractivity contribution in [2.45, 2.75) is 20.8 Å². The molecule has 0 atom stereocenters. The number of amides is 1. The smallest absolute Gasteiger partial charge is 0.255 e. The van der Waals surface area contributed by atoms with Crippen LogP contribution in [0, 0.1) is 20.8 Å². The molecular weight excluding hydrogens is 316 g/mol. The molecule has 0 spiro atoms. The Balaban J connectivity index is 2.25. The highest BCUT2D eigenvalue weighted by Crippen LogP contribution is 2.25. The first-order valence-electron chi connectivity index (χ1n) is 6.32. The molecule has 0 heterocycles. The van der Waals surface area contributed by atoms with Gasteiger partial charge in [0.25, 0.3) is 5.91 Å². The van der Waals surface area contributed by atoms with Gasteiger partial charge >= 0.3 is 0 Å². The lowest BCUT2D eigenvalue weighted by Gasteiger charge is -2.10. The Kier molecular flexibility index (Phi) is 4.14. The minimum Gasteiger partial charge on any atom is -0.399 e. The summed E-state index contributed by atoms with van der Waals surface area (Å²) in [7, 11) is 0. The van der Waals surface area contributed by atoms with Crippen LogP contribution in [0.4, 0.5) is 11.4 Å². The van der Waals surface area contributed by atoms with Gasteiger partial charge in [0.05, 0.1) is 0 Å². The molecule has 3 N–H and O–H groups in total. The predicted octanol–water partition coefficient (Wildman–Crippen LogP) is 4.21. The van der Waals surface area contributed by atoms with Gasteiger partial charge in [-0.3, -0.25) is 4.79 Å². The van der Waals surface area contributed by atoms with Crippen LogP contribution in [0.2, 0.25) is 0 Å². The molecule has 0 unspecified atom stereocenters. The summed E-state index contributed by atoms with van der Waals surface area (Å²) in [6, 6.07) is 9.17. The first-order chi connectivity index (χ1) is 9.38. The molecule has 0 radical (unpaired) electrons. The fraction of sp³-hybridized carbons (Fsp3) is 0.188. The number of rotatable bonds is 2. The van der Waals surface area contributed by atoms with Crippen LogP contribution in [0.15, 0.2) is 34.8 Å². The summed E-state index contributed by atoms with van der Waals surface area (Å²) < 4.78 is 1.07. The van der Waals surface area contributed by atoms with Gasteiger partial charge in [-0.15, -0.1) is 0 Å². The number of hydrogen-bond acceptors (Lipinski definition) is 2. The van der Waals surface area contributed by atoms with Gasteiger partial charge in [-0.1, -0.05) is 15.9 Å². The Morgan fingerprint density at radius 1 is 1.05 bits per heavy atom. The molecular formula is C16H17BrN2O. The maximum Gasteiger partial charge on any atom is 0.255 e. The molecule has 2 aromatic carbocycles. The summed E-state index contributed by atoms with van der Waals surface area (Å²) in [5.41, 5.74) is 10.9. The van der Waals surface area contributed by atoms with Crippen LogP contribution >= 0.6 is 15.9 Å². The van der Waals surface area contributed by atoms with Crippen LogP contribution in [-0.2, 0) is 0 Å². The average Bonchev–Trinajstić information content (AvgIpc) is 2.39. The van der Waals surface area contributed by atoms with Gasteiger partial charge in [-0.05, 0) is 67.8 Å². The Bertz CT molecular complexity index is 657. The van der Waals surface area contributed by atoms with Gasteiger partial charge in [0.1, 0.15) is 0 Å². The minimum absolute atomic E-state index is 0.130. The van der Waals surface area contributed by atoms with Crippen LogP contribution in [-0.4, -0.2) is 5.91 Å². The van der Waals surface area contributed by atoms with Crippen LogP contribution < -0.4 is 11.1 Å². The molecule has 0 saturated carbocycles. The first-order valence-corrected chi connectivity index (χ1v) is 7.12. The molecule has 2 aromatic rings. The number of carbonyl (C=O) groups excluding carboxylic acids is 1. The first kappa shape index (κ1) is 14.6. The molecule has 0 aliphatic carbocycles. The number of nitrogens with one attached hydrogen (secondary N) is 1. The molecule has 0 aliphatic rings. The molecule has 104 valence electrons. The number of halogens is 1. The molecule has 1 amide bonds. The largest absolute Gasteiger partial charge is 0.399 e. The molecule has 4 heteroatoms. The maximum atomic E-state index is 12.2. The highest BCUT2D eigenvalue weighted by molar-refractivity contribution is 9.10. The van der Waals surface area contributed by atoms with Crippen LogP contribution in [0.3, 0.4) is 0 Å². The van der Waals surface area contributed by atoms with Crippen LogP contribution in [0.5, 0.6) is 0 Å². The molecule has 0 saturated heterocycles.